The molecule has 0 spiro atoms. The first-order valence-electron chi connectivity index (χ1n) is 5.65. The molecule has 0 heterocycles. The lowest BCUT2D eigenvalue weighted by Gasteiger charge is -2.07. The van der Waals surface area contributed by atoms with Crippen molar-refractivity contribution >= 4 is 33.8 Å². The highest BCUT2D eigenvalue weighted by Gasteiger charge is 2.20. The smallest absolute Gasteiger partial charge is 0.275 e. The lowest BCUT2D eigenvalue weighted by molar-refractivity contribution is -0.385. The fourth-order valence-corrected chi connectivity index (χ4v) is 3.36. The van der Waals surface area contributed by atoms with Gasteiger partial charge in [-0.1, -0.05) is 29.8 Å². The van der Waals surface area contributed by atoms with E-state index in [4.69, 9.17) is 17.3 Å². The van der Waals surface area contributed by atoms with Crippen LogP contribution in [-0.4, -0.2) is 9.13 Å². The molecular formula is C13H11ClN2O3S. The summed E-state index contributed by atoms with van der Waals surface area (Å²) < 4.78 is 12.3. The van der Waals surface area contributed by atoms with Crippen LogP contribution in [0.15, 0.2) is 47.4 Å². The molecule has 0 aliphatic heterocycles. The molecule has 7 heteroatoms. The van der Waals surface area contributed by atoms with Crippen molar-refractivity contribution in [2.75, 3.05) is 5.73 Å². The minimum Gasteiger partial charge on any atom is -0.398 e. The lowest BCUT2D eigenvalue weighted by atomic mass is 10.2. The highest BCUT2D eigenvalue weighted by molar-refractivity contribution is 7.84. The van der Waals surface area contributed by atoms with Crippen LogP contribution in [-0.2, 0) is 16.6 Å². The number of nitro benzene ring substituents is 1. The number of hydrogen-bond acceptors (Lipinski definition) is 4. The minimum atomic E-state index is -1.50. The minimum absolute atomic E-state index is 0.0514. The van der Waals surface area contributed by atoms with Crippen molar-refractivity contribution in [3.63, 3.8) is 0 Å². The number of hydrogen-bond donors (Lipinski definition) is 1. The third kappa shape index (κ3) is 2.97. The maximum absolute atomic E-state index is 12.3. The summed E-state index contributed by atoms with van der Waals surface area (Å²) in [6.45, 7) is 0. The summed E-state index contributed by atoms with van der Waals surface area (Å²) in [5.74, 6) is -0.0514. The Kier molecular flexibility index (Phi) is 4.36. The van der Waals surface area contributed by atoms with Crippen LogP contribution in [0.2, 0.25) is 5.02 Å². The molecule has 0 saturated carbocycles. The third-order valence-electron chi connectivity index (χ3n) is 2.73. The Bertz CT molecular complexity index is 691. The molecule has 2 rings (SSSR count). The van der Waals surface area contributed by atoms with Crippen LogP contribution >= 0.6 is 11.6 Å². The summed E-state index contributed by atoms with van der Waals surface area (Å²) >= 11 is 5.97. The SMILES string of the molecule is Nc1ccccc1S(=O)Cc1c(Cl)cccc1[N+](=O)[O-]. The zero-order chi connectivity index (χ0) is 14.7. The summed E-state index contributed by atoms with van der Waals surface area (Å²) in [5, 5.41) is 11.2. The molecule has 2 N–H and O–H groups in total. The van der Waals surface area contributed by atoms with Crippen LogP contribution in [0.1, 0.15) is 5.56 Å². The zero-order valence-corrected chi connectivity index (χ0v) is 11.9. The second-order valence-corrected chi connectivity index (χ2v) is 5.85. The Morgan fingerprint density at radius 1 is 1.20 bits per heavy atom. The topological polar surface area (TPSA) is 86.2 Å². The molecule has 0 aliphatic rings. The predicted octanol–water partition coefficient (Wildman–Crippen LogP) is 3.14. The Morgan fingerprint density at radius 2 is 1.90 bits per heavy atom. The van der Waals surface area contributed by atoms with Gasteiger partial charge in [-0.05, 0) is 18.2 Å². The van der Waals surface area contributed by atoms with Gasteiger partial charge in [-0.2, -0.15) is 0 Å². The van der Waals surface area contributed by atoms with Crippen LogP contribution < -0.4 is 5.73 Å². The van der Waals surface area contributed by atoms with Gasteiger partial charge in [0.15, 0.2) is 0 Å². The van der Waals surface area contributed by atoms with Crippen LogP contribution in [0.3, 0.4) is 0 Å². The first kappa shape index (κ1) is 14.5. The van der Waals surface area contributed by atoms with Gasteiger partial charge in [-0.3, -0.25) is 14.3 Å². The van der Waals surface area contributed by atoms with Crippen molar-refractivity contribution in [2.24, 2.45) is 0 Å². The van der Waals surface area contributed by atoms with Gasteiger partial charge in [0.25, 0.3) is 5.69 Å². The van der Waals surface area contributed by atoms with Crippen molar-refractivity contribution in [1.29, 1.82) is 0 Å². The maximum atomic E-state index is 12.3. The first-order valence-corrected chi connectivity index (χ1v) is 7.35. The fourth-order valence-electron chi connectivity index (χ4n) is 1.76. The summed E-state index contributed by atoms with van der Waals surface area (Å²) in [7, 11) is -1.50. The van der Waals surface area contributed by atoms with E-state index in [9.17, 15) is 14.3 Å². The van der Waals surface area contributed by atoms with E-state index in [2.05, 4.69) is 0 Å². The standard InChI is InChI=1S/C13H11ClN2O3S/c14-10-4-3-6-12(16(17)18)9(10)8-20(19)13-7-2-1-5-11(13)15/h1-7H,8,15H2. The van der Waals surface area contributed by atoms with E-state index in [0.29, 0.717) is 10.6 Å². The number of halogens is 1. The van der Waals surface area contributed by atoms with Gasteiger partial charge in [0.2, 0.25) is 0 Å². The summed E-state index contributed by atoms with van der Waals surface area (Å²) in [6.07, 6.45) is 0. The van der Waals surface area contributed by atoms with Crippen LogP contribution in [0.4, 0.5) is 11.4 Å². The zero-order valence-electron chi connectivity index (χ0n) is 10.3. The molecule has 2 aromatic rings. The normalized spacial score (nSPS) is 12.1. The lowest BCUT2D eigenvalue weighted by Crippen LogP contribution is -2.03. The molecule has 0 aromatic heterocycles. The van der Waals surface area contributed by atoms with Crippen LogP contribution in [0, 0.1) is 10.1 Å². The number of nitrogen functional groups attached to an aromatic ring is 1. The number of rotatable bonds is 4. The van der Waals surface area contributed by atoms with E-state index in [1.165, 1.54) is 18.2 Å². The van der Waals surface area contributed by atoms with Gasteiger partial charge < -0.3 is 5.73 Å². The monoisotopic (exact) mass is 310 g/mol. The number of nitro groups is 1. The van der Waals surface area contributed by atoms with Gasteiger partial charge >= 0.3 is 0 Å². The molecule has 0 radical (unpaired) electrons. The summed E-state index contributed by atoms with van der Waals surface area (Å²) in [5.41, 5.74) is 6.25. The molecule has 2 aromatic carbocycles. The van der Waals surface area contributed by atoms with Crippen molar-refractivity contribution in [2.45, 2.75) is 10.6 Å². The van der Waals surface area contributed by atoms with Gasteiger partial charge in [0, 0.05) is 11.8 Å². The second-order valence-electron chi connectivity index (χ2n) is 4.02. The number of nitrogens with zero attached hydrogens (tertiary/aromatic N) is 1. The number of benzene rings is 2. The van der Waals surface area contributed by atoms with E-state index < -0.39 is 15.7 Å². The van der Waals surface area contributed by atoms with Crippen molar-refractivity contribution < 1.29 is 9.13 Å². The Morgan fingerprint density at radius 3 is 2.55 bits per heavy atom. The molecule has 0 aliphatic carbocycles. The largest absolute Gasteiger partial charge is 0.398 e. The molecule has 5 nitrogen and oxygen atoms in total. The number of para-hydroxylation sites is 1. The highest BCUT2D eigenvalue weighted by atomic mass is 35.5. The van der Waals surface area contributed by atoms with E-state index in [-0.39, 0.29) is 22.0 Å². The maximum Gasteiger partial charge on any atom is 0.275 e. The van der Waals surface area contributed by atoms with Gasteiger partial charge in [0.1, 0.15) is 0 Å². The van der Waals surface area contributed by atoms with Crippen LogP contribution in [0.5, 0.6) is 0 Å². The third-order valence-corrected chi connectivity index (χ3v) is 4.50. The van der Waals surface area contributed by atoms with E-state index in [1.807, 2.05) is 0 Å². The van der Waals surface area contributed by atoms with Crippen LogP contribution in [0.25, 0.3) is 0 Å². The molecule has 1 unspecified atom stereocenters. The van der Waals surface area contributed by atoms with E-state index >= 15 is 0 Å². The Hall–Kier alpha value is -1.92. The second kappa shape index (κ2) is 6.02. The number of nitrogens with two attached hydrogens (primary N) is 1. The van der Waals surface area contributed by atoms with Gasteiger partial charge in [-0.15, -0.1) is 0 Å². The summed E-state index contributed by atoms with van der Waals surface area (Å²) in [6, 6.07) is 11.1. The van der Waals surface area contributed by atoms with Crippen molar-refractivity contribution in [3.8, 4) is 0 Å². The molecular weight excluding hydrogens is 300 g/mol. The highest BCUT2D eigenvalue weighted by Crippen LogP contribution is 2.29. The van der Waals surface area contributed by atoms with E-state index in [0.717, 1.165) is 0 Å². The molecule has 1 atom stereocenters. The average molecular weight is 311 g/mol. The number of anilines is 1. The van der Waals surface area contributed by atoms with Gasteiger partial charge in [0.05, 0.1) is 37.0 Å². The molecule has 104 valence electrons. The molecule has 20 heavy (non-hydrogen) atoms. The molecule has 0 fully saturated rings. The average Bonchev–Trinajstić information content (AvgIpc) is 2.41. The Labute approximate surface area is 123 Å². The molecule has 0 saturated heterocycles. The van der Waals surface area contributed by atoms with Crippen molar-refractivity contribution in [3.05, 3.63) is 63.2 Å². The van der Waals surface area contributed by atoms with E-state index in [1.54, 1.807) is 24.3 Å². The molecule has 0 bridgehead atoms. The molecule has 0 amide bonds. The quantitative estimate of drug-likeness (QED) is 0.534. The van der Waals surface area contributed by atoms with Crippen molar-refractivity contribution in [1.82, 2.24) is 0 Å². The first-order chi connectivity index (χ1) is 9.50. The predicted molar refractivity (Wildman–Crippen MR) is 79.1 cm³/mol. The Balaban J connectivity index is 2.38. The summed E-state index contributed by atoms with van der Waals surface area (Å²) in [4.78, 5) is 10.9. The van der Waals surface area contributed by atoms with Gasteiger partial charge in [-0.25, -0.2) is 0 Å². The fraction of sp³-hybridized carbons (Fsp3) is 0.0769.